The molecule has 1 aliphatic heterocycles. The third-order valence-electron chi connectivity index (χ3n) is 5.45. The van der Waals surface area contributed by atoms with Gasteiger partial charge >= 0.3 is 0 Å². The predicted molar refractivity (Wildman–Crippen MR) is 112 cm³/mol. The number of carbonyl (C=O) groups is 1. The summed E-state index contributed by atoms with van der Waals surface area (Å²) in [4.78, 5) is 15.4. The van der Waals surface area contributed by atoms with E-state index in [1.54, 1.807) is 7.11 Å². The molecule has 28 heavy (non-hydrogen) atoms. The van der Waals surface area contributed by atoms with Crippen LogP contribution in [0.5, 0.6) is 11.5 Å². The summed E-state index contributed by atoms with van der Waals surface area (Å²) in [6.07, 6.45) is 2.12. The number of benzene rings is 2. The molecule has 2 unspecified atom stereocenters. The van der Waals surface area contributed by atoms with Crippen molar-refractivity contribution in [1.82, 2.24) is 4.90 Å². The highest BCUT2D eigenvalue weighted by atomic mass is 16.5. The van der Waals surface area contributed by atoms with Gasteiger partial charge in [0.15, 0.2) is 0 Å². The van der Waals surface area contributed by atoms with Gasteiger partial charge in [0.2, 0.25) is 5.91 Å². The Balaban J connectivity index is 1.66. The van der Waals surface area contributed by atoms with Gasteiger partial charge in [-0.15, -0.1) is 0 Å². The number of rotatable bonds is 7. The number of likely N-dealkylation sites (tertiary alicyclic amines) is 1. The molecular weight excluding hydrogens is 350 g/mol. The molecule has 1 heterocycles. The Labute approximate surface area is 168 Å². The van der Waals surface area contributed by atoms with E-state index < -0.39 is 0 Å². The van der Waals surface area contributed by atoms with Crippen molar-refractivity contribution >= 4 is 5.91 Å². The minimum atomic E-state index is -0.149. The Bertz CT molecular complexity index is 759. The van der Waals surface area contributed by atoms with Crippen LogP contribution < -0.4 is 9.47 Å². The van der Waals surface area contributed by atoms with Gasteiger partial charge in [0.05, 0.1) is 19.6 Å². The van der Waals surface area contributed by atoms with Crippen LogP contribution in [0.1, 0.15) is 38.2 Å². The maximum absolute atomic E-state index is 13.4. The molecule has 0 aromatic heterocycles. The molecular formula is C24H31NO3. The van der Waals surface area contributed by atoms with Gasteiger partial charge < -0.3 is 14.4 Å². The van der Waals surface area contributed by atoms with Gasteiger partial charge in [-0.05, 0) is 48.6 Å². The van der Waals surface area contributed by atoms with E-state index >= 15 is 0 Å². The third kappa shape index (κ3) is 5.06. The SMILES string of the molecule is COc1cccc(C(C(=O)N2CCCC(COc3ccccc3)C2)C(C)C)c1. The van der Waals surface area contributed by atoms with Gasteiger partial charge in [-0.3, -0.25) is 4.79 Å². The standard InChI is InChI=1S/C24H31NO3/c1-18(2)23(20-10-7-13-22(15-20)27-3)24(26)25-14-8-9-19(16-25)17-28-21-11-5-4-6-12-21/h4-7,10-13,15,18-19,23H,8-9,14,16-17H2,1-3H3. The zero-order chi connectivity index (χ0) is 19.9. The first-order valence-corrected chi connectivity index (χ1v) is 10.2. The molecule has 1 saturated heterocycles. The van der Waals surface area contributed by atoms with Gasteiger partial charge in [0.25, 0.3) is 0 Å². The van der Waals surface area contributed by atoms with Crippen molar-refractivity contribution in [3.05, 3.63) is 60.2 Å². The van der Waals surface area contributed by atoms with Gasteiger partial charge in [0.1, 0.15) is 11.5 Å². The molecule has 4 nitrogen and oxygen atoms in total. The van der Waals surface area contributed by atoms with Crippen LogP contribution in [0.25, 0.3) is 0 Å². The maximum Gasteiger partial charge on any atom is 0.230 e. The summed E-state index contributed by atoms with van der Waals surface area (Å²) >= 11 is 0. The fourth-order valence-corrected chi connectivity index (χ4v) is 3.98. The van der Waals surface area contributed by atoms with Gasteiger partial charge in [0, 0.05) is 19.0 Å². The normalized spacial score (nSPS) is 18.0. The Kier molecular flexibility index (Phi) is 6.96. The molecule has 1 amide bonds. The van der Waals surface area contributed by atoms with Crippen LogP contribution in [0.3, 0.4) is 0 Å². The summed E-state index contributed by atoms with van der Waals surface area (Å²) in [7, 11) is 1.66. The van der Waals surface area contributed by atoms with Crippen LogP contribution in [-0.4, -0.2) is 37.6 Å². The largest absolute Gasteiger partial charge is 0.497 e. The number of carbonyl (C=O) groups excluding carboxylic acids is 1. The lowest BCUT2D eigenvalue weighted by atomic mass is 9.86. The van der Waals surface area contributed by atoms with Crippen LogP contribution in [-0.2, 0) is 4.79 Å². The molecule has 4 heteroatoms. The molecule has 1 fully saturated rings. The highest BCUT2D eigenvalue weighted by Crippen LogP contribution is 2.31. The molecule has 1 aliphatic rings. The number of ether oxygens (including phenoxy) is 2. The quantitative estimate of drug-likeness (QED) is 0.694. The van der Waals surface area contributed by atoms with Crippen molar-refractivity contribution in [2.75, 3.05) is 26.8 Å². The van der Waals surface area contributed by atoms with Gasteiger partial charge in [-0.1, -0.05) is 44.2 Å². The first kappa shape index (κ1) is 20.2. The molecule has 0 spiro atoms. The molecule has 0 aliphatic carbocycles. The topological polar surface area (TPSA) is 38.8 Å². The van der Waals surface area contributed by atoms with Gasteiger partial charge in [-0.2, -0.15) is 0 Å². The van der Waals surface area contributed by atoms with E-state index in [1.807, 2.05) is 59.5 Å². The van der Waals surface area contributed by atoms with Gasteiger partial charge in [-0.25, -0.2) is 0 Å². The van der Waals surface area contributed by atoms with Crippen LogP contribution in [0.2, 0.25) is 0 Å². The van der Waals surface area contributed by atoms with E-state index in [9.17, 15) is 4.79 Å². The number of piperidine rings is 1. The molecule has 2 atom stereocenters. The second kappa shape index (κ2) is 9.63. The van der Waals surface area contributed by atoms with E-state index in [-0.39, 0.29) is 17.7 Å². The van der Waals surface area contributed by atoms with Crippen molar-refractivity contribution in [1.29, 1.82) is 0 Å². The Hall–Kier alpha value is -2.49. The van der Waals surface area contributed by atoms with E-state index in [2.05, 4.69) is 13.8 Å². The number of hydrogen-bond donors (Lipinski definition) is 0. The Morgan fingerprint density at radius 3 is 2.57 bits per heavy atom. The molecule has 150 valence electrons. The van der Waals surface area contributed by atoms with Crippen molar-refractivity contribution < 1.29 is 14.3 Å². The first-order valence-electron chi connectivity index (χ1n) is 10.2. The van der Waals surface area contributed by atoms with Crippen molar-refractivity contribution in [2.24, 2.45) is 11.8 Å². The van der Waals surface area contributed by atoms with Crippen LogP contribution in [0.4, 0.5) is 0 Å². The molecule has 0 saturated carbocycles. The first-order chi connectivity index (χ1) is 13.6. The fraction of sp³-hybridized carbons (Fsp3) is 0.458. The second-order valence-corrected chi connectivity index (χ2v) is 7.91. The highest BCUT2D eigenvalue weighted by Gasteiger charge is 2.32. The number of amides is 1. The lowest BCUT2D eigenvalue weighted by Gasteiger charge is -2.36. The van der Waals surface area contributed by atoms with Crippen LogP contribution >= 0.6 is 0 Å². The zero-order valence-electron chi connectivity index (χ0n) is 17.1. The van der Waals surface area contributed by atoms with E-state index in [4.69, 9.17) is 9.47 Å². The van der Waals surface area contributed by atoms with Crippen molar-refractivity contribution in [2.45, 2.75) is 32.6 Å². The minimum Gasteiger partial charge on any atom is -0.497 e. The van der Waals surface area contributed by atoms with E-state index in [0.717, 1.165) is 43.0 Å². The smallest absolute Gasteiger partial charge is 0.230 e. The molecule has 3 rings (SSSR count). The Morgan fingerprint density at radius 1 is 1.11 bits per heavy atom. The number of nitrogens with zero attached hydrogens (tertiary/aromatic N) is 1. The summed E-state index contributed by atoms with van der Waals surface area (Å²) in [5.74, 6) is 2.35. The van der Waals surface area contributed by atoms with E-state index in [0.29, 0.717) is 12.5 Å². The number of para-hydroxylation sites is 1. The predicted octanol–water partition coefficient (Wildman–Crippen LogP) is 4.75. The number of hydrogen-bond acceptors (Lipinski definition) is 3. The van der Waals surface area contributed by atoms with Crippen molar-refractivity contribution in [3.8, 4) is 11.5 Å². The molecule has 2 aromatic carbocycles. The molecule has 0 N–H and O–H groups in total. The zero-order valence-corrected chi connectivity index (χ0v) is 17.1. The summed E-state index contributed by atoms with van der Waals surface area (Å²) < 4.78 is 11.3. The average molecular weight is 382 g/mol. The summed E-state index contributed by atoms with van der Waals surface area (Å²) in [6, 6.07) is 17.8. The fourth-order valence-electron chi connectivity index (χ4n) is 3.98. The molecule has 0 radical (unpaired) electrons. The minimum absolute atomic E-state index is 0.149. The highest BCUT2D eigenvalue weighted by molar-refractivity contribution is 5.84. The van der Waals surface area contributed by atoms with Crippen LogP contribution in [0.15, 0.2) is 54.6 Å². The lowest BCUT2D eigenvalue weighted by Crippen LogP contribution is -2.44. The summed E-state index contributed by atoms with van der Waals surface area (Å²) in [6.45, 7) is 6.47. The van der Waals surface area contributed by atoms with Crippen LogP contribution in [0, 0.1) is 11.8 Å². The number of methoxy groups -OCH3 is 1. The summed E-state index contributed by atoms with van der Waals surface area (Å²) in [5.41, 5.74) is 1.03. The second-order valence-electron chi connectivity index (χ2n) is 7.91. The lowest BCUT2D eigenvalue weighted by molar-refractivity contribution is -0.135. The summed E-state index contributed by atoms with van der Waals surface area (Å²) in [5, 5.41) is 0. The van der Waals surface area contributed by atoms with E-state index in [1.165, 1.54) is 0 Å². The average Bonchev–Trinajstić information content (AvgIpc) is 2.73. The Morgan fingerprint density at radius 2 is 1.86 bits per heavy atom. The maximum atomic E-state index is 13.4. The monoisotopic (exact) mass is 381 g/mol. The molecule has 0 bridgehead atoms. The molecule has 2 aromatic rings. The van der Waals surface area contributed by atoms with Crippen molar-refractivity contribution in [3.63, 3.8) is 0 Å². The third-order valence-corrected chi connectivity index (χ3v) is 5.45.